The minimum Gasteiger partial charge on any atom is -0.459 e. The summed E-state index contributed by atoms with van der Waals surface area (Å²) in [5, 5.41) is 14.5. The highest BCUT2D eigenvalue weighted by Gasteiger charge is 2.19. The molecule has 3 aromatic rings. The van der Waals surface area contributed by atoms with Gasteiger partial charge in [0.15, 0.2) is 11.5 Å². The van der Waals surface area contributed by atoms with E-state index in [1.807, 2.05) is 0 Å². The summed E-state index contributed by atoms with van der Waals surface area (Å²) in [6, 6.07) is 13.4. The molecular formula is C18H13N3O7S. The third-order valence-electron chi connectivity index (χ3n) is 3.57. The second-order valence-corrected chi connectivity index (χ2v) is 7.05. The first-order valence-electron chi connectivity index (χ1n) is 8.02. The van der Waals surface area contributed by atoms with Crippen LogP contribution in [-0.4, -0.2) is 25.5 Å². The Balaban J connectivity index is 1.76. The van der Waals surface area contributed by atoms with E-state index in [0.29, 0.717) is 0 Å². The fraction of sp³-hybridized carbons (Fsp3) is 0. The normalized spacial score (nSPS) is 11.3. The SMILES string of the molecule is O=C(N/N=C\c1ccccc1OS(=O)(=O)c1ccc([N+](=O)[O-])cc1)c1ccco1. The van der Waals surface area contributed by atoms with Crippen molar-refractivity contribution in [2.24, 2.45) is 5.10 Å². The molecule has 0 saturated heterocycles. The van der Waals surface area contributed by atoms with E-state index >= 15 is 0 Å². The van der Waals surface area contributed by atoms with E-state index in [-0.39, 0.29) is 27.7 Å². The quantitative estimate of drug-likeness (QED) is 0.271. The zero-order chi connectivity index (χ0) is 20.9. The molecule has 0 unspecified atom stereocenters. The fourth-order valence-corrected chi connectivity index (χ4v) is 3.14. The van der Waals surface area contributed by atoms with E-state index in [9.17, 15) is 23.3 Å². The number of hydrogen-bond acceptors (Lipinski definition) is 8. The van der Waals surface area contributed by atoms with Crippen molar-refractivity contribution >= 4 is 27.9 Å². The molecular weight excluding hydrogens is 402 g/mol. The van der Waals surface area contributed by atoms with Crippen molar-refractivity contribution < 1.29 is 26.7 Å². The summed E-state index contributed by atoms with van der Waals surface area (Å²) in [7, 11) is -4.24. The number of benzene rings is 2. The Kier molecular flexibility index (Phi) is 5.69. The van der Waals surface area contributed by atoms with Gasteiger partial charge in [0, 0.05) is 17.7 Å². The number of rotatable bonds is 7. The van der Waals surface area contributed by atoms with Crippen LogP contribution in [0.15, 0.2) is 81.3 Å². The number of nitro benzene ring substituents is 1. The van der Waals surface area contributed by atoms with Crippen molar-refractivity contribution in [3.63, 3.8) is 0 Å². The third kappa shape index (κ3) is 4.84. The zero-order valence-electron chi connectivity index (χ0n) is 14.6. The minimum atomic E-state index is -4.24. The van der Waals surface area contributed by atoms with Gasteiger partial charge in [-0.3, -0.25) is 14.9 Å². The van der Waals surface area contributed by atoms with Crippen molar-refractivity contribution in [1.82, 2.24) is 5.43 Å². The lowest BCUT2D eigenvalue weighted by Gasteiger charge is -2.09. The van der Waals surface area contributed by atoms with Gasteiger partial charge in [0.2, 0.25) is 0 Å². The van der Waals surface area contributed by atoms with Crippen LogP contribution in [0.25, 0.3) is 0 Å². The molecule has 29 heavy (non-hydrogen) atoms. The second-order valence-electron chi connectivity index (χ2n) is 5.50. The van der Waals surface area contributed by atoms with Gasteiger partial charge in [-0.1, -0.05) is 12.1 Å². The molecule has 1 N–H and O–H groups in total. The summed E-state index contributed by atoms with van der Waals surface area (Å²) in [5.41, 5.74) is 2.27. The van der Waals surface area contributed by atoms with Crippen LogP contribution in [0.1, 0.15) is 16.1 Å². The van der Waals surface area contributed by atoms with Crippen LogP contribution in [-0.2, 0) is 10.1 Å². The van der Waals surface area contributed by atoms with Crippen LogP contribution in [0.5, 0.6) is 5.75 Å². The number of hydrazone groups is 1. The molecule has 1 heterocycles. The van der Waals surface area contributed by atoms with Gasteiger partial charge in [0.05, 0.1) is 17.4 Å². The Morgan fingerprint density at radius 2 is 1.83 bits per heavy atom. The lowest BCUT2D eigenvalue weighted by Crippen LogP contribution is -2.17. The van der Waals surface area contributed by atoms with Gasteiger partial charge >= 0.3 is 16.0 Å². The number of non-ortho nitro benzene ring substituents is 1. The third-order valence-corrected chi connectivity index (χ3v) is 4.82. The summed E-state index contributed by atoms with van der Waals surface area (Å²) in [6.45, 7) is 0. The summed E-state index contributed by atoms with van der Waals surface area (Å²) in [4.78, 5) is 21.6. The summed E-state index contributed by atoms with van der Waals surface area (Å²) in [6.07, 6.45) is 2.55. The summed E-state index contributed by atoms with van der Waals surface area (Å²) in [5.74, 6) is -0.558. The van der Waals surface area contributed by atoms with E-state index in [1.165, 1.54) is 30.7 Å². The van der Waals surface area contributed by atoms with Crippen LogP contribution in [0, 0.1) is 10.1 Å². The number of nitrogens with one attached hydrogen (secondary N) is 1. The maximum atomic E-state index is 12.5. The monoisotopic (exact) mass is 415 g/mol. The highest BCUT2D eigenvalue weighted by molar-refractivity contribution is 7.87. The van der Waals surface area contributed by atoms with E-state index < -0.39 is 20.9 Å². The van der Waals surface area contributed by atoms with Crippen LogP contribution in [0.2, 0.25) is 0 Å². The highest BCUT2D eigenvalue weighted by atomic mass is 32.2. The first kappa shape index (κ1) is 19.8. The maximum absolute atomic E-state index is 12.5. The maximum Gasteiger partial charge on any atom is 0.339 e. The minimum absolute atomic E-state index is 0.0400. The zero-order valence-corrected chi connectivity index (χ0v) is 15.4. The molecule has 0 fully saturated rings. The number of carbonyl (C=O) groups excluding carboxylic acids is 1. The van der Waals surface area contributed by atoms with Crippen molar-refractivity contribution in [2.45, 2.75) is 4.90 Å². The lowest BCUT2D eigenvalue weighted by atomic mass is 10.2. The number of amides is 1. The van der Waals surface area contributed by atoms with Gasteiger partial charge in [0.1, 0.15) is 4.90 Å². The van der Waals surface area contributed by atoms with Crippen molar-refractivity contribution in [2.75, 3.05) is 0 Å². The average Bonchev–Trinajstić information content (AvgIpc) is 3.24. The number of hydrogen-bond donors (Lipinski definition) is 1. The molecule has 0 aliphatic heterocycles. The van der Waals surface area contributed by atoms with E-state index in [0.717, 1.165) is 24.3 Å². The first-order valence-corrected chi connectivity index (χ1v) is 9.42. The molecule has 0 aliphatic rings. The summed E-state index contributed by atoms with van der Waals surface area (Å²) < 4.78 is 35.0. The second kappa shape index (κ2) is 8.35. The molecule has 10 nitrogen and oxygen atoms in total. The number of carbonyl (C=O) groups is 1. The molecule has 0 atom stereocenters. The van der Waals surface area contributed by atoms with Gasteiger partial charge < -0.3 is 8.60 Å². The predicted molar refractivity (Wildman–Crippen MR) is 101 cm³/mol. The van der Waals surface area contributed by atoms with Crippen LogP contribution in [0.3, 0.4) is 0 Å². The van der Waals surface area contributed by atoms with Crippen LogP contribution < -0.4 is 9.61 Å². The van der Waals surface area contributed by atoms with Crippen molar-refractivity contribution in [3.8, 4) is 5.75 Å². The first-order chi connectivity index (χ1) is 13.9. The van der Waals surface area contributed by atoms with Gasteiger partial charge in [0.25, 0.3) is 5.69 Å². The van der Waals surface area contributed by atoms with Crippen molar-refractivity contribution in [3.05, 3.63) is 88.4 Å². The lowest BCUT2D eigenvalue weighted by molar-refractivity contribution is -0.384. The van der Waals surface area contributed by atoms with Gasteiger partial charge in [-0.25, -0.2) is 5.43 Å². The Bertz CT molecular complexity index is 1150. The standard InChI is InChI=1S/C18H13N3O7S/c22-18(17-6-3-11-27-17)20-19-12-13-4-1-2-5-16(13)28-29(25,26)15-9-7-14(8-10-15)21(23)24/h1-12H,(H,20,22)/b19-12-. The molecule has 11 heteroatoms. The van der Waals surface area contributed by atoms with E-state index in [1.54, 1.807) is 18.2 Å². The molecule has 1 aromatic heterocycles. The van der Waals surface area contributed by atoms with E-state index in [2.05, 4.69) is 10.5 Å². The highest BCUT2D eigenvalue weighted by Crippen LogP contribution is 2.23. The van der Waals surface area contributed by atoms with Crippen LogP contribution in [0.4, 0.5) is 5.69 Å². The van der Waals surface area contributed by atoms with Gasteiger partial charge in [-0.05, 0) is 36.4 Å². The Hall–Kier alpha value is -3.99. The molecule has 0 saturated carbocycles. The number of nitro groups is 1. The van der Waals surface area contributed by atoms with Crippen molar-refractivity contribution in [1.29, 1.82) is 0 Å². The Morgan fingerprint density at radius 1 is 1.10 bits per heavy atom. The largest absolute Gasteiger partial charge is 0.459 e. The Labute approximate surface area is 164 Å². The Morgan fingerprint density at radius 3 is 2.48 bits per heavy atom. The van der Waals surface area contributed by atoms with Gasteiger partial charge in [-0.15, -0.1) is 0 Å². The molecule has 0 aliphatic carbocycles. The smallest absolute Gasteiger partial charge is 0.339 e. The topological polar surface area (TPSA) is 141 Å². The number of nitrogens with zero attached hydrogens (tertiary/aromatic N) is 2. The molecule has 148 valence electrons. The summed E-state index contributed by atoms with van der Waals surface area (Å²) >= 11 is 0. The molecule has 1 amide bonds. The molecule has 2 aromatic carbocycles. The molecule has 0 radical (unpaired) electrons. The molecule has 3 rings (SSSR count). The molecule has 0 bridgehead atoms. The predicted octanol–water partition coefficient (Wildman–Crippen LogP) is 2.72. The van der Waals surface area contributed by atoms with Crippen LogP contribution >= 0.6 is 0 Å². The average molecular weight is 415 g/mol. The number of para-hydroxylation sites is 1. The molecule has 0 spiro atoms. The van der Waals surface area contributed by atoms with E-state index in [4.69, 9.17) is 8.60 Å². The fourth-order valence-electron chi connectivity index (χ4n) is 2.19. The number of furan rings is 1. The van der Waals surface area contributed by atoms with Gasteiger partial charge in [-0.2, -0.15) is 13.5 Å².